The van der Waals surface area contributed by atoms with Gasteiger partial charge in [-0.3, -0.25) is 4.79 Å². The van der Waals surface area contributed by atoms with E-state index < -0.39 is 16.8 Å². The summed E-state index contributed by atoms with van der Waals surface area (Å²) in [5.74, 6) is 0.774. The molecule has 2 aromatic rings. The van der Waals surface area contributed by atoms with Crippen LogP contribution in [0.25, 0.3) is 0 Å². The second-order valence-electron chi connectivity index (χ2n) is 4.23. The molecule has 0 heterocycles. The molecule has 5 heteroatoms. The fourth-order valence-electron chi connectivity index (χ4n) is 1.68. The minimum Gasteiger partial charge on any atom is -0.457 e. The molecule has 0 radical (unpaired) electrons. The maximum atomic E-state index is 11.0. The van der Waals surface area contributed by atoms with E-state index in [4.69, 9.17) is 10.5 Å². The van der Waals surface area contributed by atoms with E-state index in [1.54, 1.807) is 24.3 Å². The number of amides is 1. The molecule has 2 unspecified atom stereocenters. The van der Waals surface area contributed by atoms with Gasteiger partial charge in [-0.15, -0.1) is 0 Å². The predicted octanol–water partition coefficient (Wildman–Crippen LogP) is 2.76. The number of ether oxygens (including phenoxy) is 1. The van der Waals surface area contributed by atoms with E-state index in [1.807, 2.05) is 30.3 Å². The Labute approximate surface area is 125 Å². The molecule has 0 spiro atoms. The molecule has 2 aromatic carbocycles. The molecule has 4 nitrogen and oxygen atoms in total. The monoisotopic (exact) mass is 335 g/mol. The lowest BCUT2D eigenvalue weighted by atomic mass is 10.1. The lowest BCUT2D eigenvalue weighted by molar-refractivity contribution is -0.119. The number of nitrogens with two attached hydrogens (primary N) is 1. The first-order chi connectivity index (χ1) is 9.58. The molecule has 0 saturated heterocycles. The largest absolute Gasteiger partial charge is 0.457 e. The van der Waals surface area contributed by atoms with E-state index in [-0.39, 0.29) is 0 Å². The van der Waals surface area contributed by atoms with Crippen LogP contribution in [0.4, 0.5) is 0 Å². The summed E-state index contributed by atoms with van der Waals surface area (Å²) in [5.41, 5.74) is 5.72. The lowest BCUT2D eigenvalue weighted by Gasteiger charge is -2.15. The first-order valence-corrected chi connectivity index (χ1v) is 6.94. The molecule has 104 valence electrons. The van der Waals surface area contributed by atoms with E-state index in [1.165, 1.54) is 0 Å². The zero-order valence-electron chi connectivity index (χ0n) is 10.6. The third-order valence-electron chi connectivity index (χ3n) is 2.75. The summed E-state index contributed by atoms with van der Waals surface area (Å²) in [6, 6.07) is 16.2. The molecule has 0 fully saturated rings. The molecule has 2 rings (SSSR count). The van der Waals surface area contributed by atoms with Gasteiger partial charge in [0.15, 0.2) is 0 Å². The van der Waals surface area contributed by atoms with Gasteiger partial charge >= 0.3 is 0 Å². The number of rotatable bonds is 5. The number of benzene rings is 2. The van der Waals surface area contributed by atoms with Crippen LogP contribution in [-0.2, 0) is 4.79 Å². The molecule has 2 atom stereocenters. The zero-order chi connectivity index (χ0) is 14.5. The number of aliphatic hydroxyl groups excluding tert-OH is 1. The first kappa shape index (κ1) is 14.6. The van der Waals surface area contributed by atoms with Gasteiger partial charge in [0, 0.05) is 0 Å². The summed E-state index contributed by atoms with van der Waals surface area (Å²) >= 11 is 3.06. The van der Waals surface area contributed by atoms with Crippen molar-refractivity contribution in [1.82, 2.24) is 0 Å². The van der Waals surface area contributed by atoms with E-state index in [0.29, 0.717) is 11.3 Å². The Morgan fingerprint density at radius 3 is 2.15 bits per heavy atom. The van der Waals surface area contributed by atoms with Crippen molar-refractivity contribution < 1.29 is 14.6 Å². The highest BCUT2D eigenvalue weighted by Crippen LogP contribution is 2.26. The molecular weight excluding hydrogens is 322 g/mol. The number of para-hydroxylation sites is 1. The number of alkyl halides is 1. The summed E-state index contributed by atoms with van der Waals surface area (Å²) in [6.07, 6.45) is -0.988. The van der Waals surface area contributed by atoms with Crippen molar-refractivity contribution in [2.75, 3.05) is 0 Å². The Balaban J connectivity index is 2.08. The van der Waals surface area contributed by atoms with Crippen molar-refractivity contribution in [2.24, 2.45) is 5.73 Å². The van der Waals surface area contributed by atoms with Gasteiger partial charge in [-0.05, 0) is 29.8 Å². The standard InChI is InChI=1S/C15H14BrNO3/c16-13(15(17)19)14(18)10-6-8-12(9-7-10)20-11-4-2-1-3-5-11/h1-9,13-14,18H,(H2,17,19). The van der Waals surface area contributed by atoms with Crippen LogP contribution in [0.15, 0.2) is 54.6 Å². The summed E-state index contributed by atoms with van der Waals surface area (Å²) < 4.78 is 5.64. The van der Waals surface area contributed by atoms with Gasteiger partial charge in [-0.25, -0.2) is 0 Å². The second kappa shape index (κ2) is 6.54. The van der Waals surface area contributed by atoms with Crippen molar-refractivity contribution in [3.05, 3.63) is 60.2 Å². The number of carbonyl (C=O) groups is 1. The first-order valence-electron chi connectivity index (χ1n) is 6.02. The average molecular weight is 336 g/mol. The maximum absolute atomic E-state index is 11.0. The van der Waals surface area contributed by atoms with Gasteiger partial charge in [-0.1, -0.05) is 46.3 Å². The van der Waals surface area contributed by atoms with Gasteiger partial charge in [-0.2, -0.15) is 0 Å². The topological polar surface area (TPSA) is 72.6 Å². The van der Waals surface area contributed by atoms with Gasteiger partial charge in [0.05, 0.1) is 0 Å². The quantitative estimate of drug-likeness (QED) is 0.825. The SMILES string of the molecule is NC(=O)C(Br)C(O)c1ccc(Oc2ccccc2)cc1. The molecular formula is C15H14BrNO3. The molecule has 0 aliphatic rings. The minimum absolute atomic E-state index is 0.589. The Bertz CT molecular complexity index is 571. The highest BCUT2D eigenvalue weighted by atomic mass is 79.9. The van der Waals surface area contributed by atoms with Crippen LogP contribution < -0.4 is 10.5 Å². The molecule has 0 aromatic heterocycles. The molecule has 0 aliphatic carbocycles. The fraction of sp³-hybridized carbons (Fsp3) is 0.133. The van der Waals surface area contributed by atoms with Crippen LogP contribution in [-0.4, -0.2) is 15.8 Å². The molecule has 3 N–H and O–H groups in total. The van der Waals surface area contributed by atoms with Crippen molar-refractivity contribution >= 4 is 21.8 Å². The zero-order valence-corrected chi connectivity index (χ0v) is 12.2. The van der Waals surface area contributed by atoms with Gasteiger partial charge in [0.25, 0.3) is 0 Å². The molecule has 1 amide bonds. The van der Waals surface area contributed by atoms with Crippen LogP contribution in [0.5, 0.6) is 11.5 Å². The van der Waals surface area contributed by atoms with Crippen molar-refractivity contribution in [3.63, 3.8) is 0 Å². The van der Waals surface area contributed by atoms with Crippen molar-refractivity contribution in [1.29, 1.82) is 0 Å². The average Bonchev–Trinajstić information content (AvgIpc) is 2.47. The fourth-order valence-corrected chi connectivity index (χ4v) is 1.99. The smallest absolute Gasteiger partial charge is 0.234 e. The van der Waals surface area contributed by atoms with E-state index >= 15 is 0 Å². The van der Waals surface area contributed by atoms with Crippen molar-refractivity contribution in [2.45, 2.75) is 10.9 Å². The van der Waals surface area contributed by atoms with Crippen LogP contribution in [0, 0.1) is 0 Å². The molecule has 0 saturated carbocycles. The van der Waals surface area contributed by atoms with Gasteiger partial charge in [0.1, 0.15) is 22.4 Å². The third-order valence-corrected chi connectivity index (χ3v) is 3.70. The molecule has 0 bridgehead atoms. The normalized spacial score (nSPS) is 13.5. The van der Waals surface area contributed by atoms with E-state index in [9.17, 15) is 9.90 Å². The number of aliphatic hydroxyl groups is 1. The Morgan fingerprint density at radius 1 is 1.05 bits per heavy atom. The highest BCUT2D eigenvalue weighted by molar-refractivity contribution is 9.10. The summed E-state index contributed by atoms with van der Waals surface area (Å²) in [5, 5.41) is 9.95. The van der Waals surface area contributed by atoms with Crippen LogP contribution in [0.2, 0.25) is 0 Å². The Kier molecular flexibility index (Phi) is 4.76. The van der Waals surface area contributed by atoms with Gasteiger partial charge in [0.2, 0.25) is 5.91 Å². The lowest BCUT2D eigenvalue weighted by Crippen LogP contribution is -2.28. The van der Waals surface area contributed by atoms with Gasteiger partial charge < -0.3 is 15.6 Å². The highest BCUT2D eigenvalue weighted by Gasteiger charge is 2.22. The van der Waals surface area contributed by atoms with E-state index in [2.05, 4.69) is 15.9 Å². The minimum atomic E-state index is -0.988. The maximum Gasteiger partial charge on any atom is 0.234 e. The van der Waals surface area contributed by atoms with E-state index in [0.717, 1.165) is 5.75 Å². The molecule has 20 heavy (non-hydrogen) atoms. The summed E-state index contributed by atoms with van der Waals surface area (Å²) in [7, 11) is 0. The number of halogens is 1. The number of hydrogen-bond acceptors (Lipinski definition) is 3. The number of carbonyl (C=O) groups excluding carboxylic acids is 1. The summed E-state index contributed by atoms with van der Waals surface area (Å²) in [4.78, 5) is 10.2. The predicted molar refractivity (Wildman–Crippen MR) is 79.8 cm³/mol. The number of hydrogen-bond donors (Lipinski definition) is 2. The number of primary amides is 1. The van der Waals surface area contributed by atoms with Crippen LogP contribution >= 0.6 is 15.9 Å². The van der Waals surface area contributed by atoms with Crippen molar-refractivity contribution in [3.8, 4) is 11.5 Å². The second-order valence-corrected chi connectivity index (χ2v) is 5.22. The Hall–Kier alpha value is -1.85. The molecule has 0 aliphatic heterocycles. The Morgan fingerprint density at radius 2 is 1.60 bits per heavy atom. The van der Waals surface area contributed by atoms with Crippen LogP contribution in [0.1, 0.15) is 11.7 Å². The van der Waals surface area contributed by atoms with Crippen LogP contribution in [0.3, 0.4) is 0 Å². The third kappa shape index (κ3) is 3.59. The summed E-state index contributed by atoms with van der Waals surface area (Å²) in [6.45, 7) is 0.